The van der Waals surface area contributed by atoms with Crippen LogP contribution in [0.5, 0.6) is 0 Å². The van der Waals surface area contributed by atoms with E-state index < -0.39 is 0 Å². The minimum absolute atomic E-state index is 0.0451. The molecule has 1 aromatic carbocycles. The minimum atomic E-state index is 0.0451. The molecule has 0 saturated carbocycles. The number of carbonyl (C=O) groups is 1. The molecule has 1 N–H and O–H groups in total. The molecule has 4 nitrogen and oxygen atoms in total. The third-order valence-corrected chi connectivity index (χ3v) is 3.56. The smallest absolute Gasteiger partial charge is 0.224 e. The van der Waals surface area contributed by atoms with Crippen LogP contribution in [0.1, 0.15) is 19.4 Å². The summed E-state index contributed by atoms with van der Waals surface area (Å²) in [5.41, 5.74) is 1.78. The van der Waals surface area contributed by atoms with Gasteiger partial charge in [-0.05, 0) is 19.2 Å². The molecule has 0 saturated heterocycles. The van der Waals surface area contributed by atoms with Crippen LogP contribution in [-0.2, 0) is 11.2 Å². The van der Waals surface area contributed by atoms with Crippen molar-refractivity contribution in [2.45, 2.75) is 20.3 Å². The van der Waals surface area contributed by atoms with Crippen LogP contribution >= 0.6 is 0 Å². The highest BCUT2D eigenvalue weighted by molar-refractivity contribution is 5.87. The molecule has 2 rings (SSSR count). The molecule has 0 atom stereocenters. The molecule has 0 bridgehead atoms. The van der Waals surface area contributed by atoms with Crippen LogP contribution in [0.25, 0.3) is 11.0 Å². The van der Waals surface area contributed by atoms with E-state index >= 15 is 0 Å². The second-order valence-corrected chi connectivity index (χ2v) is 4.81. The summed E-state index contributed by atoms with van der Waals surface area (Å²) in [5, 5.41) is 3.98. The van der Waals surface area contributed by atoms with Gasteiger partial charge in [-0.1, -0.05) is 32.0 Å². The largest absolute Gasteiger partial charge is 0.464 e. The van der Waals surface area contributed by atoms with Gasteiger partial charge in [-0.25, -0.2) is 0 Å². The fourth-order valence-electron chi connectivity index (χ4n) is 2.30. The number of likely N-dealkylation sites (N-methyl/N-ethyl adjacent to an activating group) is 1. The second kappa shape index (κ2) is 7.10. The first-order valence-electron chi connectivity index (χ1n) is 7.18. The fraction of sp³-hybridized carbons (Fsp3) is 0.438. The first-order valence-corrected chi connectivity index (χ1v) is 7.18. The summed E-state index contributed by atoms with van der Waals surface area (Å²) in [7, 11) is 0. The lowest BCUT2D eigenvalue weighted by Gasteiger charge is -2.17. The molecule has 108 valence electrons. The van der Waals surface area contributed by atoms with Crippen LogP contribution in [-0.4, -0.2) is 37.0 Å². The van der Waals surface area contributed by atoms with Crippen molar-refractivity contribution in [2.24, 2.45) is 0 Å². The van der Waals surface area contributed by atoms with Crippen LogP contribution in [0.4, 0.5) is 0 Å². The van der Waals surface area contributed by atoms with Crippen molar-refractivity contribution in [2.75, 3.05) is 26.2 Å². The third kappa shape index (κ3) is 3.61. The van der Waals surface area contributed by atoms with Crippen LogP contribution in [0.15, 0.2) is 34.9 Å². The van der Waals surface area contributed by atoms with Crippen molar-refractivity contribution in [3.63, 3.8) is 0 Å². The van der Waals surface area contributed by atoms with Crippen LogP contribution in [0.2, 0.25) is 0 Å². The molecule has 0 spiro atoms. The molecule has 1 aromatic heterocycles. The zero-order valence-corrected chi connectivity index (χ0v) is 12.2. The molecule has 1 amide bonds. The van der Waals surface area contributed by atoms with Gasteiger partial charge in [-0.2, -0.15) is 0 Å². The molecule has 0 aliphatic rings. The Morgan fingerprint density at radius 1 is 1.25 bits per heavy atom. The predicted molar refractivity (Wildman–Crippen MR) is 80.7 cm³/mol. The second-order valence-electron chi connectivity index (χ2n) is 4.81. The first-order chi connectivity index (χ1) is 9.74. The number of hydrogen-bond donors (Lipinski definition) is 1. The third-order valence-electron chi connectivity index (χ3n) is 3.56. The molecule has 1 heterocycles. The number of para-hydroxylation sites is 1. The number of carbonyl (C=O) groups excluding carboxylic acids is 1. The van der Waals surface area contributed by atoms with E-state index in [0.29, 0.717) is 13.0 Å². The van der Waals surface area contributed by atoms with Crippen molar-refractivity contribution < 1.29 is 9.21 Å². The van der Waals surface area contributed by atoms with Gasteiger partial charge in [0.15, 0.2) is 0 Å². The Hall–Kier alpha value is -1.81. The molecule has 0 radical (unpaired) electrons. The number of benzene rings is 1. The highest BCUT2D eigenvalue weighted by atomic mass is 16.3. The van der Waals surface area contributed by atoms with Gasteiger partial charge in [0.25, 0.3) is 0 Å². The van der Waals surface area contributed by atoms with Gasteiger partial charge in [0.05, 0.1) is 12.7 Å². The lowest BCUT2D eigenvalue weighted by molar-refractivity contribution is -0.120. The maximum atomic E-state index is 11.9. The summed E-state index contributed by atoms with van der Waals surface area (Å²) in [4.78, 5) is 14.2. The number of rotatable bonds is 7. The number of fused-ring (bicyclic) bond motifs is 1. The highest BCUT2D eigenvalue weighted by Crippen LogP contribution is 2.20. The van der Waals surface area contributed by atoms with Gasteiger partial charge >= 0.3 is 0 Å². The zero-order chi connectivity index (χ0) is 14.4. The average molecular weight is 274 g/mol. The molecular formula is C16H22N2O2. The van der Waals surface area contributed by atoms with Crippen LogP contribution in [0, 0.1) is 0 Å². The number of nitrogens with one attached hydrogen (secondary N) is 1. The monoisotopic (exact) mass is 274 g/mol. The lowest BCUT2D eigenvalue weighted by atomic mass is 10.1. The van der Waals surface area contributed by atoms with Crippen molar-refractivity contribution in [1.82, 2.24) is 10.2 Å². The summed E-state index contributed by atoms with van der Waals surface area (Å²) in [5.74, 6) is 0.0451. The van der Waals surface area contributed by atoms with Gasteiger partial charge in [0.1, 0.15) is 5.58 Å². The Morgan fingerprint density at radius 3 is 2.75 bits per heavy atom. The van der Waals surface area contributed by atoms with Crippen molar-refractivity contribution >= 4 is 16.9 Å². The summed E-state index contributed by atoms with van der Waals surface area (Å²) < 4.78 is 5.44. The van der Waals surface area contributed by atoms with E-state index in [9.17, 15) is 4.79 Å². The van der Waals surface area contributed by atoms with Gasteiger partial charge in [0.2, 0.25) is 5.91 Å². The molecule has 20 heavy (non-hydrogen) atoms. The Kier molecular flexibility index (Phi) is 5.18. The topological polar surface area (TPSA) is 45.5 Å². The lowest BCUT2D eigenvalue weighted by Crippen LogP contribution is -2.35. The molecule has 0 fully saturated rings. The Bertz CT molecular complexity index is 558. The standard InChI is InChI=1S/C16H22N2O2/c1-3-18(4-2)10-9-17-16(19)11-13-12-20-15-8-6-5-7-14(13)15/h5-8,12H,3-4,9-11H2,1-2H3,(H,17,19). The number of nitrogens with zero attached hydrogens (tertiary/aromatic N) is 1. The normalized spacial score (nSPS) is 11.2. The van der Waals surface area contributed by atoms with Crippen molar-refractivity contribution in [3.8, 4) is 0 Å². The summed E-state index contributed by atoms with van der Waals surface area (Å²) in [6, 6.07) is 7.79. The van der Waals surface area contributed by atoms with Crippen molar-refractivity contribution in [3.05, 3.63) is 36.1 Å². The summed E-state index contributed by atoms with van der Waals surface area (Å²) in [6.45, 7) is 7.87. The SMILES string of the molecule is CCN(CC)CCNC(=O)Cc1coc2ccccc12. The van der Waals surface area contributed by atoms with E-state index in [-0.39, 0.29) is 5.91 Å². The molecule has 4 heteroatoms. The van der Waals surface area contributed by atoms with Gasteiger partial charge in [0, 0.05) is 24.0 Å². The molecule has 0 unspecified atom stereocenters. The number of hydrogen-bond acceptors (Lipinski definition) is 3. The maximum Gasteiger partial charge on any atom is 0.224 e. The summed E-state index contributed by atoms with van der Waals surface area (Å²) in [6.07, 6.45) is 2.05. The van der Waals surface area contributed by atoms with E-state index in [1.54, 1.807) is 6.26 Å². The Morgan fingerprint density at radius 2 is 2.00 bits per heavy atom. The fourth-order valence-corrected chi connectivity index (χ4v) is 2.30. The van der Waals surface area contributed by atoms with Crippen LogP contribution < -0.4 is 5.32 Å². The van der Waals surface area contributed by atoms with E-state index in [2.05, 4.69) is 24.1 Å². The van der Waals surface area contributed by atoms with Gasteiger partial charge in [-0.3, -0.25) is 4.79 Å². The van der Waals surface area contributed by atoms with Crippen molar-refractivity contribution in [1.29, 1.82) is 0 Å². The molecule has 0 aliphatic heterocycles. The summed E-state index contributed by atoms with van der Waals surface area (Å²) >= 11 is 0. The quantitative estimate of drug-likeness (QED) is 0.843. The van der Waals surface area contributed by atoms with Gasteiger partial charge < -0.3 is 14.6 Å². The maximum absolute atomic E-state index is 11.9. The van der Waals surface area contributed by atoms with E-state index in [1.807, 2.05) is 24.3 Å². The first kappa shape index (κ1) is 14.6. The van der Waals surface area contributed by atoms with E-state index in [0.717, 1.165) is 36.2 Å². The Balaban J connectivity index is 1.85. The number of amides is 1. The molecular weight excluding hydrogens is 252 g/mol. The molecule has 2 aromatic rings. The van der Waals surface area contributed by atoms with E-state index in [4.69, 9.17) is 4.42 Å². The average Bonchev–Trinajstić information content (AvgIpc) is 2.87. The highest BCUT2D eigenvalue weighted by Gasteiger charge is 2.09. The zero-order valence-electron chi connectivity index (χ0n) is 12.2. The van der Waals surface area contributed by atoms with Crippen LogP contribution in [0.3, 0.4) is 0 Å². The number of furan rings is 1. The van der Waals surface area contributed by atoms with Gasteiger partial charge in [-0.15, -0.1) is 0 Å². The predicted octanol–water partition coefficient (Wildman–Crippen LogP) is 2.43. The van der Waals surface area contributed by atoms with E-state index in [1.165, 1.54) is 0 Å². The Labute approximate surface area is 119 Å². The minimum Gasteiger partial charge on any atom is -0.464 e. The molecule has 0 aliphatic carbocycles.